The highest BCUT2D eigenvalue weighted by Crippen LogP contribution is 2.22. The lowest BCUT2D eigenvalue weighted by Gasteiger charge is -2.32. The zero-order chi connectivity index (χ0) is 24.8. The zero-order valence-corrected chi connectivity index (χ0v) is 20.3. The van der Waals surface area contributed by atoms with E-state index in [4.69, 9.17) is 0 Å². The highest BCUT2D eigenvalue weighted by molar-refractivity contribution is 7.89. The molecule has 1 fully saturated rings. The first-order chi connectivity index (χ1) is 16.8. The Morgan fingerprint density at radius 1 is 1.06 bits per heavy atom. The van der Waals surface area contributed by atoms with E-state index in [1.165, 1.54) is 12.1 Å². The van der Waals surface area contributed by atoms with Crippen LogP contribution >= 0.6 is 0 Å². The maximum Gasteiger partial charge on any atom is 0.253 e. The minimum absolute atomic E-state index is 0.0243. The molecule has 0 bridgehead atoms. The van der Waals surface area contributed by atoms with Crippen molar-refractivity contribution in [3.8, 4) is 0 Å². The molecular formula is C26H28N4O4S. The van der Waals surface area contributed by atoms with Crippen LogP contribution in [0.15, 0.2) is 77.8 Å². The molecule has 1 atom stereocenters. The molecule has 1 aliphatic heterocycles. The Morgan fingerprint density at radius 2 is 1.86 bits per heavy atom. The van der Waals surface area contributed by atoms with Gasteiger partial charge < -0.3 is 10.2 Å². The molecule has 0 spiro atoms. The lowest BCUT2D eigenvalue weighted by atomic mass is 9.96. The number of pyridine rings is 1. The number of carbonyl (C=O) groups excluding carboxylic acids is 2. The number of likely N-dealkylation sites (tertiary alicyclic amines) is 1. The molecule has 2 heterocycles. The second-order valence-electron chi connectivity index (χ2n) is 8.59. The van der Waals surface area contributed by atoms with Gasteiger partial charge in [0.15, 0.2) is 0 Å². The van der Waals surface area contributed by atoms with Crippen molar-refractivity contribution < 1.29 is 18.0 Å². The normalized spacial score (nSPS) is 16.0. The SMILES string of the molecule is Cc1cccnc1NC(=O)C1CCCN(C(=O)c2cccc(S(=O)(=O)NCc3ccccc3)c2)C1. The first kappa shape index (κ1) is 24.6. The number of sulfonamides is 1. The van der Waals surface area contributed by atoms with Crippen molar-refractivity contribution in [3.63, 3.8) is 0 Å². The Kier molecular flexibility index (Phi) is 7.57. The molecule has 9 heteroatoms. The Bertz CT molecular complexity index is 1310. The monoisotopic (exact) mass is 492 g/mol. The van der Waals surface area contributed by atoms with Gasteiger partial charge in [0.25, 0.3) is 5.91 Å². The number of rotatable bonds is 7. The maximum absolute atomic E-state index is 13.2. The highest BCUT2D eigenvalue weighted by Gasteiger charge is 2.30. The van der Waals surface area contributed by atoms with Crippen LogP contribution in [0, 0.1) is 12.8 Å². The Morgan fingerprint density at radius 3 is 2.63 bits per heavy atom. The standard InChI is InChI=1S/C26H28N4O4S/c1-19-8-6-14-27-24(19)29-25(31)22-12-7-15-30(18-22)26(32)21-11-5-13-23(16-21)35(33,34)28-17-20-9-3-2-4-10-20/h2-6,8-11,13-14,16,22,28H,7,12,15,17-18H2,1H3,(H,27,29,31). The summed E-state index contributed by atoms with van der Waals surface area (Å²) >= 11 is 0. The van der Waals surface area contributed by atoms with Crippen molar-refractivity contribution in [3.05, 3.63) is 89.6 Å². The third kappa shape index (κ3) is 6.12. The van der Waals surface area contributed by atoms with Crippen molar-refractivity contribution in [1.82, 2.24) is 14.6 Å². The molecule has 0 radical (unpaired) electrons. The van der Waals surface area contributed by atoms with Crippen molar-refractivity contribution >= 4 is 27.7 Å². The molecule has 2 amide bonds. The van der Waals surface area contributed by atoms with Crippen LogP contribution in [-0.2, 0) is 21.4 Å². The molecule has 1 unspecified atom stereocenters. The number of nitrogens with zero attached hydrogens (tertiary/aromatic N) is 2. The van der Waals surface area contributed by atoms with E-state index in [-0.39, 0.29) is 41.3 Å². The van der Waals surface area contributed by atoms with Gasteiger partial charge in [-0.15, -0.1) is 0 Å². The maximum atomic E-state index is 13.2. The predicted octanol–water partition coefficient (Wildman–Crippen LogP) is 3.36. The van der Waals surface area contributed by atoms with Crippen molar-refractivity contribution in [2.75, 3.05) is 18.4 Å². The van der Waals surface area contributed by atoms with E-state index in [1.54, 1.807) is 29.3 Å². The predicted molar refractivity (Wildman–Crippen MR) is 133 cm³/mol. The van der Waals surface area contributed by atoms with E-state index in [1.807, 2.05) is 43.3 Å². The molecule has 0 saturated carbocycles. The molecule has 2 N–H and O–H groups in total. The summed E-state index contributed by atoms with van der Waals surface area (Å²) in [5.41, 5.74) is 1.97. The van der Waals surface area contributed by atoms with Crippen LogP contribution in [0.3, 0.4) is 0 Å². The van der Waals surface area contributed by atoms with Crippen molar-refractivity contribution in [2.24, 2.45) is 5.92 Å². The van der Waals surface area contributed by atoms with Crippen molar-refractivity contribution in [2.45, 2.75) is 31.2 Å². The number of aromatic nitrogens is 1. The summed E-state index contributed by atoms with van der Waals surface area (Å²) < 4.78 is 28.2. The molecule has 1 aromatic heterocycles. The molecule has 1 aliphatic rings. The molecule has 0 aliphatic carbocycles. The van der Waals surface area contributed by atoms with Gasteiger partial charge in [0, 0.05) is 31.4 Å². The van der Waals surface area contributed by atoms with Crippen LogP contribution in [0.5, 0.6) is 0 Å². The number of anilines is 1. The van der Waals surface area contributed by atoms with E-state index in [9.17, 15) is 18.0 Å². The van der Waals surface area contributed by atoms with E-state index in [2.05, 4.69) is 15.0 Å². The summed E-state index contributed by atoms with van der Waals surface area (Å²) in [6.45, 7) is 2.79. The fourth-order valence-corrected chi connectivity index (χ4v) is 5.11. The van der Waals surface area contributed by atoms with Crippen LogP contribution in [-0.4, -0.2) is 43.2 Å². The summed E-state index contributed by atoms with van der Waals surface area (Å²) in [5, 5.41) is 2.86. The Hall–Kier alpha value is -3.56. The van der Waals surface area contributed by atoms with E-state index < -0.39 is 10.0 Å². The van der Waals surface area contributed by atoms with E-state index >= 15 is 0 Å². The first-order valence-electron chi connectivity index (χ1n) is 11.5. The molecule has 4 rings (SSSR count). The molecule has 2 aromatic carbocycles. The summed E-state index contributed by atoms with van der Waals surface area (Å²) in [6, 6.07) is 18.9. The minimum atomic E-state index is -3.80. The minimum Gasteiger partial charge on any atom is -0.338 e. The molecular weight excluding hydrogens is 464 g/mol. The second-order valence-corrected chi connectivity index (χ2v) is 10.4. The van der Waals surface area contributed by atoms with E-state index in [0.717, 1.165) is 11.1 Å². The third-order valence-corrected chi connectivity index (χ3v) is 7.43. The number of aryl methyl sites for hydroxylation is 1. The zero-order valence-electron chi connectivity index (χ0n) is 19.5. The highest BCUT2D eigenvalue weighted by atomic mass is 32.2. The summed E-state index contributed by atoms with van der Waals surface area (Å²) in [6.07, 6.45) is 2.97. The van der Waals surface area contributed by atoms with Gasteiger partial charge in [-0.3, -0.25) is 9.59 Å². The molecule has 35 heavy (non-hydrogen) atoms. The van der Waals surface area contributed by atoms with Gasteiger partial charge in [0.1, 0.15) is 5.82 Å². The summed E-state index contributed by atoms with van der Waals surface area (Å²) in [5.74, 6) is -0.321. The van der Waals surface area contributed by atoms with Gasteiger partial charge in [0.2, 0.25) is 15.9 Å². The van der Waals surface area contributed by atoms with Gasteiger partial charge in [-0.1, -0.05) is 42.5 Å². The molecule has 8 nitrogen and oxygen atoms in total. The number of hydrogen-bond donors (Lipinski definition) is 2. The topological polar surface area (TPSA) is 108 Å². The largest absolute Gasteiger partial charge is 0.338 e. The summed E-state index contributed by atoms with van der Waals surface area (Å²) in [4.78, 5) is 31.9. The van der Waals surface area contributed by atoms with E-state index in [0.29, 0.717) is 25.2 Å². The molecule has 182 valence electrons. The smallest absolute Gasteiger partial charge is 0.253 e. The van der Waals surface area contributed by atoms with Gasteiger partial charge >= 0.3 is 0 Å². The summed E-state index contributed by atoms with van der Waals surface area (Å²) in [7, 11) is -3.80. The Balaban J connectivity index is 1.43. The number of nitrogens with one attached hydrogen (secondary N) is 2. The third-order valence-electron chi connectivity index (χ3n) is 6.03. The van der Waals surface area contributed by atoms with Gasteiger partial charge in [-0.25, -0.2) is 18.1 Å². The Labute approximate surface area is 205 Å². The quantitative estimate of drug-likeness (QED) is 0.526. The van der Waals surface area contributed by atoms with Crippen molar-refractivity contribution in [1.29, 1.82) is 0 Å². The average molecular weight is 493 g/mol. The van der Waals surface area contributed by atoms with Crippen LogP contribution in [0.25, 0.3) is 0 Å². The van der Waals surface area contributed by atoms with Crippen LogP contribution < -0.4 is 10.0 Å². The second kappa shape index (κ2) is 10.8. The first-order valence-corrected chi connectivity index (χ1v) is 13.0. The van der Waals surface area contributed by atoms with Crippen LogP contribution in [0.1, 0.15) is 34.3 Å². The lowest BCUT2D eigenvalue weighted by molar-refractivity contribution is -0.121. The fraction of sp³-hybridized carbons (Fsp3) is 0.269. The number of amides is 2. The lowest BCUT2D eigenvalue weighted by Crippen LogP contribution is -2.44. The van der Waals surface area contributed by atoms with Gasteiger partial charge in [0.05, 0.1) is 10.8 Å². The van der Waals surface area contributed by atoms with Gasteiger partial charge in [-0.05, 0) is 55.2 Å². The molecule has 3 aromatic rings. The number of piperidine rings is 1. The number of hydrogen-bond acceptors (Lipinski definition) is 5. The average Bonchev–Trinajstić information content (AvgIpc) is 2.89. The fourth-order valence-electron chi connectivity index (χ4n) is 4.05. The number of benzene rings is 2. The van der Waals surface area contributed by atoms with Gasteiger partial charge in [-0.2, -0.15) is 0 Å². The van der Waals surface area contributed by atoms with Crippen LogP contribution in [0.2, 0.25) is 0 Å². The molecule has 1 saturated heterocycles. The number of carbonyl (C=O) groups is 2. The van der Waals surface area contributed by atoms with Crippen LogP contribution in [0.4, 0.5) is 5.82 Å².